The average Bonchev–Trinajstić information content (AvgIpc) is 2.26. The van der Waals surface area contributed by atoms with Crippen LogP contribution in [0.25, 0.3) is 0 Å². The first-order valence-electron chi connectivity index (χ1n) is 6.41. The minimum Gasteiger partial charge on any atom is -0.327 e. The summed E-state index contributed by atoms with van der Waals surface area (Å²) < 4.78 is 47.4. The number of piperidine rings is 1. The Morgan fingerprint density at radius 2 is 1.84 bits per heavy atom. The van der Waals surface area contributed by atoms with Crippen molar-refractivity contribution >= 4 is 19.9 Å². The SMILES string of the molecule is CC(C(N)CC1CCCN(S(C)(=O)=O)C1)S(C)(=O)=O. The van der Waals surface area contributed by atoms with Crippen molar-refractivity contribution in [3.63, 3.8) is 0 Å². The van der Waals surface area contributed by atoms with Crippen molar-refractivity contribution in [2.45, 2.75) is 37.5 Å². The van der Waals surface area contributed by atoms with Crippen molar-refractivity contribution in [2.24, 2.45) is 11.7 Å². The smallest absolute Gasteiger partial charge is 0.211 e. The lowest BCUT2D eigenvalue weighted by molar-refractivity contribution is 0.245. The van der Waals surface area contributed by atoms with Gasteiger partial charge in [-0.05, 0) is 32.1 Å². The first-order valence-corrected chi connectivity index (χ1v) is 10.2. The van der Waals surface area contributed by atoms with Crippen LogP contribution in [-0.2, 0) is 19.9 Å². The molecule has 0 amide bonds. The molecule has 1 fully saturated rings. The van der Waals surface area contributed by atoms with Crippen LogP contribution < -0.4 is 5.73 Å². The van der Waals surface area contributed by atoms with Gasteiger partial charge < -0.3 is 5.73 Å². The molecule has 1 aliphatic rings. The van der Waals surface area contributed by atoms with Gasteiger partial charge in [0.15, 0.2) is 9.84 Å². The number of sulfonamides is 1. The maximum atomic E-state index is 11.5. The van der Waals surface area contributed by atoms with Crippen LogP contribution in [0.3, 0.4) is 0 Å². The van der Waals surface area contributed by atoms with Gasteiger partial charge in [-0.2, -0.15) is 0 Å². The summed E-state index contributed by atoms with van der Waals surface area (Å²) in [6.45, 7) is 2.60. The lowest BCUT2D eigenvalue weighted by Gasteiger charge is -2.33. The van der Waals surface area contributed by atoms with E-state index in [-0.39, 0.29) is 5.92 Å². The highest BCUT2D eigenvalue weighted by Gasteiger charge is 2.30. The molecule has 1 saturated heterocycles. The van der Waals surface area contributed by atoms with E-state index in [1.807, 2.05) is 0 Å². The summed E-state index contributed by atoms with van der Waals surface area (Å²) in [6.07, 6.45) is 4.63. The van der Waals surface area contributed by atoms with E-state index in [0.717, 1.165) is 12.8 Å². The molecule has 1 heterocycles. The van der Waals surface area contributed by atoms with Gasteiger partial charge in [-0.25, -0.2) is 21.1 Å². The number of nitrogens with two attached hydrogens (primary N) is 1. The summed E-state index contributed by atoms with van der Waals surface area (Å²) in [6, 6.07) is -0.445. The molecule has 1 rings (SSSR count). The molecule has 1 aliphatic heterocycles. The zero-order chi connectivity index (χ0) is 14.8. The monoisotopic (exact) mass is 312 g/mol. The van der Waals surface area contributed by atoms with Gasteiger partial charge in [0, 0.05) is 25.4 Å². The lowest BCUT2D eigenvalue weighted by Crippen LogP contribution is -2.44. The first kappa shape index (κ1) is 16.9. The molecule has 3 unspecified atom stereocenters. The third-order valence-electron chi connectivity index (χ3n) is 3.83. The number of hydrogen-bond donors (Lipinski definition) is 1. The highest BCUT2D eigenvalue weighted by Crippen LogP contribution is 2.23. The molecule has 0 radical (unpaired) electrons. The standard InChI is InChI=1S/C11H24N2O4S2/c1-9(18(2,14)15)11(12)7-10-5-4-6-13(8-10)19(3,16)17/h9-11H,4-8,12H2,1-3H3. The minimum atomic E-state index is -3.17. The van der Waals surface area contributed by atoms with E-state index in [0.29, 0.717) is 19.5 Å². The van der Waals surface area contributed by atoms with E-state index in [9.17, 15) is 16.8 Å². The number of hydrogen-bond acceptors (Lipinski definition) is 5. The van der Waals surface area contributed by atoms with E-state index in [4.69, 9.17) is 5.73 Å². The summed E-state index contributed by atoms with van der Waals surface area (Å²) in [4.78, 5) is 0. The molecule has 114 valence electrons. The Labute approximate surface area is 116 Å². The van der Waals surface area contributed by atoms with E-state index < -0.39 is 31.2 Å². The second-order valence-electron chi connectivity index (χ2n) is 5.56. The van der Waals surface area contributed by atoms with Crippen LogP contribution >= 0.6 is 0 Å². The molecular formula is C11H24N2O4S2. The molecule has 0 aromatic rings. The molecular weight excluding hydrogens is 288 g/mol. The van der Waals surface area contributed by atoms with Crippen LogP contribution in [0.5, 0.6) is 0 Å². The highest BCUT2D eigenvalue weighted by molar-refractivity contribution is 7.91. The zero-order valence-electron chi connectivity index (χ0n) is 11.7. The van der Waals surface area contributed by atoms with Crippen molar-refractivity contribution in [2.75, 3.05) is 25.6 Å². The van der Waals surface area contributed by atoms with Crippen LogP contribution in [0.15, 0.2) is 0 Å². The fraction of sp³-hybridized carbons (Fsp3) is 1.00. The minimum absolute atomic E-state index is 0.141. The van der Waals surface area contributed by atoms with Crippen LogP contribution in [0, 0.1) is 5.92 Å². The molecule has 0 aromatic carbocycles. The maximum Gasteiger partial charge on any atom is 0.211 e. The maximum absolute atomic E-state index is 11.5. The van der Waals surface area contributed by atoms with Crippen molar-refractivity contribution in [1.82, 2.24) is 4.31 Å². The predicted molar refractivity (Wildman–Crippen MR) is 76.0 cm³/mol. The second kappa shape index (κ2) is 6.07. The van der Waals surface area contributed by atoms with Gasteiger partial charge in [0.1, 0.15) is 0 Å². The van der Waals surface area contributed by atoms with Crippen molar-refractivity contribution in [3.8, 4) is 0 Å². The van der Waals surface area contributed by atoms with Gasteiger partial charge in [-0.15, -0.1) is 0 Å². The average molecular weight is 312 g/mol. The lowest BCUT2D eigenvalue weighted by atomic mass is 9.92. The van der Waals surface area contributed by atoms with Crippen LogP contribution in [0.2, 0.25) is 0 Å². The summed E-state index contributed by atoms with van der Waals surface area (Å²) >= 11 is 0. The molecule has 3 atom stereocenters. The van der Waals surface area contributed by atoms with Gasteiger partial charge in [0.25, 0.3) is 0 Å². The Morgan fingerprint density at radius 3 is 2.32 bits per heavy atom. The number of nitrogens with zero attached hydrogens (tertiary/aromatic N) is 1. The van der Waals surface area contributed by atoms with E-state index in [2.05, 4.69) is 0 Å². The Hall–Kier alpha value is -0.180. The first-order chi connectivity index (χ1) is 8.51. The zero-order valence-corrected chi connectivity index (χ0v) is 13.4. The molecule has 0 spiro atoms. The van der Waals surface area contributed by atoms with Crippen LogP contribution in [0.4, 0.5) is 0 Å². The van der Waals surface area contributed by atoms with Crippen molar-refractivity contribution in [1.29, 1.82) is 0 Å². The Morgan fingerprint density at radius 1 is 1.26 bits per heavy atom. The fourth-order valence-electron chi connectivity index (χ4n) is 2.41. The Kier molecular flexibility index (Phi) is 5.39. The van der Waals surface area contributed by atoms with Gasteiger partial charge in [-0.1, -0.05) is 0 Å². The fourth-order valence-corrected chi connectivity index (χ4v) is 4.10. The van der Waals surface area contributed by atoms with Gasteiger partial charge in [0.05, 0.1) is 11.5 Å². The Bertz CT molecular complexity index is 501. The number of rotatable bonds is 5. The summed E-state index contributed by atoms with van der Waals surface area (Å²) in [5.41, 5.74) is 5.94. The largest absolute Gasteiger partial charge is 0.327 e. The predicted octanol–water partition coefficient (Wildman–Crippen LogP) is -0.191. The molecule has 2 N–H and O–H groups in total. The second-order valence-corrected chi connectivity index (χ2v) is 9.95. The molecule has 19 heavy (non-hydrogen) atoms. The molecule has 6 nitrogen and oxygen atoms in total. The summed E-state index contributed by atoms with van der Waals surface area (Å²) in [5, 5.41) is -0.596. The highest BCUT2D eigenvalue weighted by atomic mass is 32.2. The third-order valence-corrected chi connectivity index (χ3v) is 6.80. The molecule has 0 bridgehead atoms. The normalized spacial score (nSPS) is 26.0. The molecule has 0 aromatic heterocycles. The van der Waals surface area contributed by atoms with Crippen molar-refractivity contribution in [3.05, 3.63) is 0 Å². The van der Waals surface area contributed by atoms with Gasteiger partial charge in [0.2, 0.25) is 10.0 Å². The van der Waals surface area contributed by atoms with Crippen molar-refractivity contribution < 1.29 is 16.8 Å². The quantitative estimate of drug-likeness (QED) is 0.759. The molecule has 0 aliphatic carbocycles. The van der Waals surface area contributed by atoms with E-state index in [1.165, 1.54) is 16.8 Å². The third kappa shape index (κ3) is 5.02. The van der Waals surface area contributed by atoms with Crippen LogP contribution in [-0.4, -0.2) is 58.0 Å². The molecule has 0 saturated carbocycles. The number of sulfone groups is 1. The summed E-state index contributed by atoms with van der Waals surface area (Å²) in [5.74, 6) is 0.141. The topological polar surface area (TPSA) is 97.5 Å². The van der Waals surface area contributed by atoms with E-state index in [1.54, 1.807) is 6.92 Å². The Balaban J connectivity index is 2.63. The summed E-state index contributed by atoms with van der Waals surface area (Å²) in [7, 11) is -6.32. The van der Waals surface area contributed by atoms with Gasteiger partial charge in [-0.3, -0.25) is 0 Å². The van der Waals surface area contributed by atoms with E-state index >= 15 is 0 Å². The van der Waals surface area contributed by atoms with Gasteiger partial charge >= 0.3 is 0 Å². The molecule has 8 heteroatoms. The van der Waals surface area contributed by atoms with Crippen LogP contribution in [0.1, 0.15) is 26.2 Å².